The number of pyridine rings is 1. The predicted molar refractivity (Wildman–Crippen MR) is 69.5 cm³/mol. The maximum absolute atomic E-state index is 12.3. The van der Waals surface area contributed by atoms with Gasteiger partial charge < -0.3 is 15.0 Å². The molecule has 0 aliphatic heterocycles. The number of H-pyrrole nitrogens is 1. The number of hydrogen-bond acceptors (Lipinski definition) is 3. The average Bonchev–Trinajstić information content (AvgIpc) is 2.81. The molecule has 0 radical (unpaired) electrons. The first-order valence-corrected chi connectivity index (χ1v) is 6.18. The number of halogens is 3. The molecule has 0 spiro atoms. The van der Waals surface area contributed by atoms with Gasteiger partial charge in [-0.1, -0.05) is 0 Å². The van der Waals surface area contributed by atoms with Gasteiger partial charge in [-0.05, 0) is 17.7 Å². The van der Waals surface area contributed by atoms with Gasteiger partial charge in [0.05, 0.1) is 13.0 Å². The molecule has 2 heterocycles. The van der Waals surface area contributed by atoms with E-state index in [9.17, 15) is 18.0 Å². The molecular weight excluding hydrogens is 287 g/mol. The number of nitrogens with zero attached hydrogens (tertiary/aromatic N) is 2. The molecule has 5 nitrogen and oxygen atoms in total. The first kappa shape index (κ1) is 15.3. The first-order chi connectivity index (χ1) is 9.79. The highest BCUT2D eigenvalue weighted by Gasteiger charge is 2.39. The van der Waals surface area contributed by atoms with Gasteiger partial charge in [0, 0.05) is 24.8 Å². The fourth-order valence-electron chi connectivity index (χ4n) is 1.92. The minimum absolute atomic E-state index is 0.0627. The lowest BCUT2D eigenvalue weighted by Gasteiger charge is -2.22. The second kappa shape index (κ2) is 5.72. The van der Waals surface area contributed by atoms with Crippen molar-refractivity contribution in [1.82, 2.24) is 14.9 Å². The molecule has 2 aromatic rings. The molecule has 0 aliphatic carbocycles. The third kappa shape index (κ3) is 3.52. The van der Waals surface area contributed by atoms with Crippen molar-refractivity contribution >= 4 is 16.9 Å². The molecule has 2 aromatic heterocycles. The second-order valence-corrected chi connectivity index (χ2v) is 4.72. The first-order valence-electron chi connectivity index (χ1n) is 6.18. The summed E-state index contributed by atoms with van der Waals surface area (Å²) in [6.07, 6.45) is -4.15. The van der Waals surface area contributed by atoms with Crippen molar-refractivity contribution < 1.29 is 23.1 Å². The Morgan fingerprint density at radius 3 is 2.90 bits per heavy atom. The number of carbonyl (C=O) groups is 1. The topological polar surface area (TPSA) is 69.2 Å². The number of nitrogens with one attached hydrogen (secondary N) is 1. The molecule has 0 saturated carbocycles. The average molecular weight is 301 g/mol. The Bertz CT molecular complexity index is 639. The van der Waals surface area contributed by atoms with Gasteiger partial charge in [0.2, 0.25) is 5.91 Å². The molecule has 1 unspecified atom stereocenters. The molecule has 0 aliphatic rings. The lowest BCUT2D eigenvalue weighted by Crippen LogP contribution is -2.42. The molecule has 114 valence electrons. The van der Waals surface area contributed by atoms with Gasteiger partial charge >= 0.3 is 6.18 Å². The van der Waals surface area contributed by atoms with E-state index < -0.39 is 24.7 Å². The van der Waals surface area contributed by atoms with Crippen molar-refractivity contribution in [2.75, 3.05) is 13.6 Å². The number of likely N-dealkylation sites (N-methyl/N-ethyl adjacent to an activating group) is 1. The Morgan fingerprint density at radius 1 is 1.52 bits per heavy atom. The third-order valence-electron chi connectivity index (χ3n) is 3.13. The van der Waals surface area contributed by atoms with Crippen LogP contribution in [-0.2, 0) is 11.2 Å². The van der Waals surface area contributed by atoms with E-state index in [4.69, 9.17) is 5.11 Å². The molecule has 8 heteroatoms. The van der Waals surface area contributed by atoms with E-state index in [0.717, 1.165) is 10.3 Å². The minimum Gasteiger partial charge on any atom is -0.382 e. The van der Waals surface area contributed by atoms with Crippen LogP contribution in [0.25, 0.3) is 11.0 Å². The monoisotopic (exact) mass is 301 g/mol. The summed E-state index contributed by atoms with van der Waals surface area (Å²) in [5.41, 5.74) is 1.26. The van der Waals surface area contributed by atoms with E-state index in [1.54, 1.807) is 24.5 Å². The fraction of sp³-hybridized carbons (Fsp3) is 0.385. The van der Waals surface area contributed by atoms with Crippen molar-refractivity contribution in [3.63, 3.8) is 0 Å². The number of rotatable bonds is 4. The number of aliphatic hydroxyl groups is 1. The van der Waals surface area contributed by atoms with E-state index >= 15 is 0 Å². The summed E-state index contributed by atoms with van der Waals surface area (Å²) in [5.74, 6) is -0.511. The molecule has 1 amide bonds. The number of hydrogen-bond donors (Lipinski definition) is 2. The Morgan fingerprint density at radius 2 is 2.24 bits per heavy atom. The predicted octanol–water partition coefficient (Wildman–Crippen LogP) is 1.49. The zero-order valence-corrected chi connectivity index (χ0v) is 11.2. The van der Waals surface area contributed by atoms with E-state index in [2.05, 4.69) is 9.97 Å². The summed E-state index contributed by atoms with van der Waals surface area (Å²) in [7, 11) is 1.23. The lowest BCUT2D eigenvalue weighted by molar-refractivity contribution is -0.207. The van der Waals surface area contributed by atoms with Crippen LogP contribution < -0.4 is 0 Å². The quantitative estimate of drug-likeness (QED) is 0.899. The van der Waals surface area contributed by atoms with Crippen LogP contribution in [0.3, 0.4) is 0 Å². The normalized spacial score (nSPS) is 13.4. The summed E-state index contributed by atoms with van der Waals surface area (Å²) in [6.45, 7) is -0.789. The van der Waals surface area contributed by atoms with E-state index in [1.165, 1.54) is 7.05 Å². The highest BCUT2D eigenvalue weighted by atomic mass is 19.4. The number of alkyl halides is 3. The summed E-state index contributed by atoms with van der Waals surface area (Å²) in [6, 6.07) is 3.48. The smallest absolute Gasteiger partial charge is 0.382 e. The van der Waals surface area contributed by atoms with Gasteiger partial charge in [-0.15, -0.1) is 0 Å². The van der Waals surface area contributed by atoms with E-state index in [1.807, 2.05) is 0 Å². The molecular formula is C13H14F3N3O2. The molecule has 0 bridgehead atoms. The van der Waals surface area contributed by atoms with Crippen LogP contribution in [0.2, 0.25) is 0 Å². The summed E-state index contributed by atoms with van der Waals surface area (Å²) < 4.78 is 36.8. The molecule has 2 N–H and O–H groups in total. The van der Waals surface area contributed by atoms with Crippen molar-refractivity contribution in [3.05, 3.63) is 30.1 Å². The van der Waals surface area contributed by atoms with Gasteiger partial charge in [-0.2, -0.15) is 13.2 Å². The van der Waals surface area contributed by atoms with E-state index in [-0.39, 0.29) is 6.42 Å². The number of carbonyl (C=O) groups excluding carboxylic acids is 1. The standard InChI is InChI=1S/C13H14F3N3O2/c1-19(7-10(20)13(14,15)16)11(21)5-8-6-18-12-9(8)3-2-4-17-12/h2-4,6,10,20H,5,7H2,1H3,(H,17,18). The summed E-state index contributed by atoms with van der Waals surface area (Å²) in [5, 5.41) is 9.71. The Hall–Kier alpha value is -2.09. The molecule has 0 saturated heterocycles. The molecule has 2 rings (SSSR count). The SMILES string of the molecule is CN(CC(O)C(F)(F)F)C(=O)Cc1c[nH]c2ncccc12. The number of amides is 1. The van der Waals surface area contributed by atoms with Crippen LogP contribution in [-0.4, -0.2) is 51.8 Å². The second-order valence-electron chi connectivity index (χ2n) is 4.72. The van der Waals surface area contributed by atoms with Gasteiger partial charge in [-0.3, -0.25) is 4.79 Å². The van der Waals surface area contributed by atoms with Crippen LogP contribution in [0.15, 0.2) is 24.5 Å². The number of aliphatic hydroxyl groups excluding tert-OH is 1. The Balaban J connectivity index is 2.04. The number of aromatic nitrogens is 2. The minimum atomic E-state index is -4.74. The van der Waals surface area contributed by atoms with Crippen molar-refractivity contribution in [2.45, 2.75) is 18.7 Å². The molecule has 21 heavy (non-hydrogen) atoms. The molecule has 0 fully saturated rings. The van der Waals surface area contributed by atoms with Gasteiger partial charge in [0.15, 0.2) is 6.10 Å². The zero-order valence-electron chi connectivity index (χ0n) is 11.2. The van der Waals surface area contributed by atoms with Crippen molar-refractivity contribution in [1.29, 1.82) is 0 Å². The largest absolute Gasteiger partial charge is 0.416 e. The van der Waals surface area contributed by atoms with Crippen LogP contribution in [0.1, 0.15) is 5.56 Å². The summed E-state index contributed by atoms with van der Waals surface area (Å²) in [4.78, 5) is 19.7. The van der Waals surface area contributed by atoms with Gasteiger partial charge in [0.25, 0.3) is 0 Å². The van der Waals surface area contributed by atoms with Crippen LogP contribution in [0.5, 0.6) is 0 Å². The van der Waals surface area contributed by atoms with Crippen molar-refractivity contribution in [2.24, 2.45) is 0 Å². The fourth-order valence-corrected chi connectivity index (χ4v) is 1.92. The number of fused-ring (bicyclic) bond motifs is 1. The molecule has 0 aromatic carbocycles. The summed E-state index contributed by atoms with van der Waals surface area (Å²) >= 11 is 0. The highest BCUT2D eigenvalue weighted by Crippen LogP contribution is 2.21. The third-order valence-corrected chi connectivity index (χ3v) is 3.13. The van der Waals surface area contributed by atoms with Crippen LogP contribution in [0, 0.1) is 0 Å². The van der Waals surface area contributed by atoms with Crippen molar-refractivity contribution in [3.8, 4) is 0 Å². The van der Waals surface area contributed by atoms with Crippen LogP contribution >= 0.6 is 0 Å². The zero-order chi connectivity index (χ0) is 15.6. The lowest BCUT2D eigenvalue weighted by atomic mass is 10.1. The maximum atomic E-state index is 12.3. The van der Waals surface area contributed by atoms with Gasteiger partial charge in [0.1, 0.15) is 5.65 Å². The number of aromatic amines is 1. The van der Waals surface area contributed by atoms with Gasteiger partial charge in [-0.25, -0.2) is 4.98 Å². The highest BCUT2D eigenvalue weighted by molar-refractivity contribution is 5.87. The van der Waals surface area contributed by atoms with E-state index in [0.29, 0.717) is 11.2 Å². The Labute approximate surface area is 118 Å². The maximum Gasteiger partial charge on any atom is 0.416 e. The molecule has 1 atom stereocenters. The van der Waals surface area contributed by atoms with Crippen LogP contribution in [0.4, 0.5) is 13.2 Å². The Kier molecular flexibility index (Phi) is 4.17.